The highest BCUT2D eigenvalue weighted by molar-refractivity contribution is 7.09. The molecule has 1 heterocycles. The minimum atomic E-state index is -0.185. The molecule has 3 aromatic rings. The van der Waals surface area contributed by atoms with Gasteiger partial charge in [0, 0.05) is 11.1 Å². The number of benzene rings is 2. The summed E-state index contributed by atoms with van der Waals surface area (Å²) < 4.78 is 5.83. The van der Waals surface area contributed by atoms with Gasteiger partial charge < -0.3 is 10.1 Å². The van der Waals surface area contributed by atoms with E-state index in [1.54, 1.807) is 23.5 Å². The van der Waals surface area contributed by atoms with E-state index >= 15 is 0 Å². The molecule has 0 aliphatic heterocycles. The molecule has 0 aliphatic rings. The first kappa shape index (κ1) is 17.2. The van der Waals surface area contributed by atoms with Crippen LogP contribution in [-0.4, -0.2) is 10.9 Å². The second-order valence-corrected chi connectivity index (χ2v) is 7.04. The zero-order valence-corrected chi connectivity index (χ0v) is 15.3. The molecule has 0 saturated carbocycles. The largest absolute Gasteiger partial charge is 0.486 e. The molecule has 3 rings (SSSR count). The molecule has 25 heavy (non-hydrogen) atoms. The standard InChI is InChI=1S/C20H20N2O2S/c1-13-8-14(2)10-16(9-13)22-20(23)18-6-4-5-7-19(18)24-11-17-12-25-15(3)21-17/h4-10,12H,11H2,1-3H3,(H,22,23). The van der Waals surface area contributed by atoms with Gasteiger partial charge in [-0.15, -0.1) is 11.3 Å². The first-order valence-electron chi connectivity index (χ1n) is 8.04. The van der Waals surface area contributed by atoms with E-state index in [4.69, 9.17) is 4.74 Å². The topological polar surface area (TPSA) is 51.2 Å². The minimum Gasteiger partial charge on any atom is -0.486 e. The molecular formula is C20H20N2O2S. The Morgan fingerprint density at radius 3 is 2.52 bits per heavy atom. The van der Waals surface area contributed by atoms with Crippen molar-refractivity contribution >= 4 is 22.9 Å². The van der Waals surface area contributed by atoms with Gasteiger partial charge in [0.25, 0.3) is 5.91 Å². The van der Waals surface area contributed by atoms with Gasteiger partial charge in [-0.25, -0.2) is 4.98 Å². The summed E-state index contributed by atoms with van der Waals surface area (Å²) in [6.07, 6.45) is 0. The number of amides is 1. The molecule has 5 heteroatoms. The van der Waals surface area contributed by atoms with Crippen LogP contribution < -0.4 is 10.1 Å². The van der Waals surface area contributed by atoms with E-state index in [0.29, 0.717) is 17.9 Å². The fourth-order valence-electron chi connectivity index (χ4n) is 2.65. The van der Waals surface area contributed by atoms with Crippen molar-refractivity contribution in [2.24, 2.45) is 0 Å². The summed E-state index contributed by atoms with van der Waals surface area (Å²) in [6, 6.07) is 13.2. The van der Waals surface area contributed by atoms with Gasteiger partial charge in [0.1, 0.15) is 12.4 Å². The molecule has 128 valence electrons. The maximum atomic E-state index is 12.7. The molecule has 0 atom stereocenters. The number of nitrogens with one attached hydrogen (secondary N) is 1. The Labute approximate surface area is 151 Å². The van der Waals surface area contributed by atoms with E-state index in [9.17, 15) is 4.79 Å². The second-order valence-electron chi connectivity index (χ2n) is 5.97. The normalized spacial score (nSPS) is 10.5. The van der Waals surface area contributed by atoms with E-state index < -0.39 is 0 Å². The first-order chi connectivity index (χ1) is 12.0. The lowest BCUT2D eigenvalue weighted by molar-refractivity contribution is 0.102. The van der Waals surface area contributed by atoms with Crippen LogP contribution in [0.3, 0.4) is 0 Å². The van der Waals surface area contributed by atoms with Crippen LogP contribution in [0.5, 0.6) is 5.75 Å². The average molecular weight is 352 g/mol. The van der Waals surface area contributed by atoms with Crippen LogP contribution in [0.2, 0.25) is 0 Å². The highest BCUT2D eigenvalue weighted by Gasteiger charge is 2.13. The van der Waals surface area contributed by atoms with Crippen LogP contribution in [-0.2, 0) is 6.61 Å². The summed E-state index contributed by atoms with van der Waals surface area (Å²) >= 11 is 1.58. The summed E-state index contributed by atoms with van der Waals surface area (Å²) in [7, 11) is 0. The van der Waals surface area contributed by atoms with E-state index in [2.05, 4.69) is 16.4 Å². The number of aryl methyl sites for hydroxylation is 3. The van der Waals surface area contributed by atoms with E-state index in [1.807, 2.05) is 50.4 Å². The lowest BCUT2D eigenvalue weighted by Crippen LogP contribution is -2.14. The van der Waals surface area contributed by atoms with Crippen molar-refractivity contribution in [2.45, 2.75) is 27.4 Å². The zero-order valence-electron chi connectivity index (χ0n) is 14.5. The maximum absolute atomic E-state index is 12.7. The summed E-state index contributed by atoms with van der Waals surface area (Å²) in [5.74, 6) is 0.366. The lowest BCUT2D eigenvalue weighted by Gasteiger charge is -2.12. The predicted octanol–water partition coefficient (Wildman–Crippen LogP) is 4.90. The number of aromatic nitrogens is 1. The molecule has 1 amide bonds. The molecule has 1 N–H and O–H groups in total. The second kappa shape index (κ2) is 7.49. The number of nitrogens with zero attached hydrogens (tertiary/aromatic N) is 1. The van der Waals surface area contributed by atoms with Crippen molar-refractivity contribution in [3.8, 4) is 5.75 Å². The van der Waals surface area contributed by atoms with Crippen molar-refractivity contribution in [3.63, 3.8) is 0 Å². The number of carbonyl (C=O) groups excluding carboxylic acids is 1. The number of carbonyl (C=O) groups is 1. The molecular weight excluding hydrogens is 332 g/mol. The van der Waals surface area contributed by atoms with Crippen molar-refractivity contribution in [1.82, 2.24) is 4.98 Å². The van der Waals surface area contributed by atoms with Crippen LogP contribution >= 0.6 is 11.3 Å². The van der Waals surface area contributed by atoms with E-state index in [-0.39, 0.29) is 5.91 Å². The van der Waals surface area contributed by atoms with Crippen LogP contribution in [0.1, 0.15) is 32.2 Å². The number of hydrogen-bond donors (Lipinski definition) is 1. The molecule has 4 nitrogen and oxygen atoms in total. The highest BCUT2D eigenvalue weighted by Crippen LogP contribution is 2.22. The first-order valence-corrected chi connectivity index (χ1v) is 8.92. The molecule has 0 aliphatic carbocycles. The number of ether oxygens (including phenoxy) is 1. The number of thiazole rings is 1. The van der Waals surface area contributed by atoms with Gasteiger partial charge in [0.15, 0.2) is 0 Å². The average Bonchev–Trinajstić information content (AvgIpc) is 2.97. The number of para-hydroxylation sites is 1. The number of hydrogen-bond acceptors (Lipinski definition) is 4. The Balaban J connectivity index is 1.76. The molecule has 0 radical (unpaired) electrons. The van der Waals surface area contributed by atoms with Gasteiger partial charge in [-0.3, -0.25) is 4.79 Å². The van der Waals surface area contributed by atoms with Crippen molar-refractivity contribution < 1.29 is 9.53 Å². The quantitative estimate of drug-likeness (QED) is 0.710. The third-order valence-corrected chi connectivity index (χ3v) is 4.48. The molecule has 0 bridgehead atoms. The van der Waals surface area contributed by atoms with Gasteiger partial charge in [-0.05, 0) is 56.2 Å². The van der Waals surface area contributed by atoms with Crippen LogP contribution in [0.25, 0.3) is 0 Å². The fourth-order valence-corrected chi connectivity index (χ4v) is 3.25. The molecule has 0 saturated heterocycles. The smallest absolute Gasteiger partial charge is 0.259 e. The van der Waals surface area contributed by atoms with Gasteiger partial charge in [0.05, 0.1) is 16.3 Å². The van der Waals surface area contributed by atoms with Crippen LogP contribution in [0.4, 0.5) is 5.69 Å². The summed E-state index contributed by atoms with van der Waals surface area (Å²) in [5, 5.41) is 5.92. The number of rotatable bonds is 5. The lowest BCUT2D eigenvalue weighted by atomic mass is 10.1. The predicted molar refractivity (Wildman–Crippen MR) is 101 cm³/mol. The Bertz CT molecular complexity index is 882. The molecule has 2 aromatic carbocycles. The van der Waals surface area contributed by atoms with Crippen molar-refractivity contribution in [3.05, 3.63) is 75.2 Å². The van der Waals surface area contributed by atoms with Gasteiger partial charge in [-0.1, -0.05) is 18.2 Å². The molecule has 1 aromatic heterocycles. The number of anilines is 1. The maximum Gasteiger partial charge on any atom is 0.259 e. The molecule has 0 spiro atoms. The Morgan fingerprint density at radius 1 is 1.12 bits per heavy atom. The van der Waals surface area contributed by atoms with Gasteiger partial charge >= 0.3 is 0 Å². The SMILES string of the molecule is Cc1cc(C)cc(NC(=O)c2ccccc2OCc2csc(C)n2)c1. The van der Waals surface area contributed by atoms with Crippen molar-refractivity contribution in [1.29, 1.82) is 0 Å². The zero-order chi connectivity index (χ0) is 17.8. The van der Waals surface area contributed by atoms with Crippen LogP contribution in [0, 0.1) is 20.8 Å². The van der Waals surface area contributed by atoms with Gasteiger partial charge in [-0.2, -0.15) is 0 Å². The summed E-state index contributed by atoms with van der Waals surface area (Å²) in [5.41, 5.74) is 4.38. The fraction of sp³-hybridized carbons (Fsp3) is 0.200. The Kier molecular flexibility index (Phi) is 5.14. The monoisotopic (exact) mass is 352 g/mol. The Morgan fingerprint density at radius 2 is 1.84 bits per heavy atom. The third-order valence-electron chi connectivity index (χ3n) is 3.65. The van der Waals surface area contributed by atoms with Gasteiger partial charge in [0.2, 0.25) is 0 Å². The molecule has 0 fully saturated rings. The third kappa shape index (κ3) is 4.45. The van der Waals surface area contributed by atoms with Crippen molar-refractivity contribution in [2.75, 3.05) is 5.32 Å². The highest BCUT2D eigenvalue weighted by atomic mass is 32.1. The molecule has 0 unspecified atom stereocenters. The van der Waals surface area contributed by atoms with E-state index in [0.717, 1.165) is 27.5 Å². The summed E-state index contributed by atoms with van der Waals surface area (Å²) in [6.45, 7) is 6.32. The minimum absolute atomic E-state index is 0.185. The Hall–Kier alpha value is -2.66. The summed E-state index contributed by atoms with van der Waals surface area (Å²) in [4.78, 5) is 17.0. The van der Waals surface area contributed by atoms with Crippen LogP contribution in [0.15, 0.2) is 47.8 Å². The van der Waals surface area contributed by atoms with E-state index in [1.165, 1.54) is 0 Å².